The first kappa shape index (κ1) is 13.0. The Hall–Kier alpha value is -1.48. The van der Waals surface area contributed by atoms with Gasteiger partial charge < -0.3 is 10.2 Å². The predicted molar refractivity (Wildman–Crippen MR) is 76.3 cm³/mol. The summed E-state index contributed by atoms with van der Waals surface area (Å²) in [6.07, 6.45) is 2.11. The van der Waals surface area contributed by atoms with Gasteiger partial charge in [-0.1, -0.05) is 23.3 Å². The molecule has 1 atom stereocenters. The summed E-state index contributed by atoms with van der Waals surface area (Å²) in [6.45, 7) is 6.71. The summed E-state index contributed by atoms with van der Waals surface area (Å²) in [5.41, 5.74) is 3.04. The molecule has 96 valence electrons. The molecule has 1 aromatic carbocycles. The normalized spacial score (nSPS) is 18.1. The third kappa shape index (κ3) is 2.51. The molecule has 1 aliphatic heterocycles. The van der Waals surface area contributed by atoms with Crippen molar-refractivity contribution in [2.24, 2.45) is 0 Å². The molecule has 4 heteroatoms. The van der Waals surface area contributed by atoms with Gasteiger partial charge in [0.25, 0.3) is 0 Å². The number of hydrogen-bond donors (Lipinski definition) is 1. The Bertz CT molecular complexity index is 507. The van der Waals surface area contributed by atoms with Crippen LogP contribution in [0.4, 0.5) is 11.4 Å². The highest BCUT2D eigenvalue weighted by molar-refractivity contribution is 6.31. The van der Waals surface area contributed by atoms with E-state index in [-0.39, 0.29) is 11.9 Å². The molecule has 0 bridgehead atoms. The first-order valence-corrected chi connectivity index (χ1v) is 6.37. The second-order valence-electron chi connectivity index (χ2n) is 4.76. The van der Waals surface area contributed by atoms with Crippen molar-refractivity contribution in [2.45, 2.75) is 26.8 Å². The van der Waals surface area contributed by atoms with Gasteiger partial charge in [0, 0.05) is 11.6 Å². The molecule has 0 fully saturated rings. The average Bonchev–Trinajstić information content (AvgIpc) is 2.30. The first-order chi connectivity index (χ1) is 8.49. The zero-order chi connectivity index (χ0) is 13.3. The van der Waals surface area contributed by atoms with Crippen molar-refractivity contribution in [1.82, 2.24) is 0 Å². The third-order valence-corrected chi connectivity index (χ3v) is 3.31. The molecule has 3 nitrogen and oxygen atoms in total. The van der Waals surface area contributed by atoms with Crippen molar-refractivity contribution >= 4 is 28.9 Å². The molecule has 1 aromatic rings. The molecule has 1 amide bonds. The fourth-order valence-corrected chi connectivity index (χ4v) is 2.14. The number of fused-ring (bicyclic) bond motifs is 1. The minimum absolute atomic E-state index is 0.0204. The summed E-state index contributed by atoms with van der Waals surface area (Å²) >= 11 is 6.03. The maximum absolute atomic E-state index is 11.9. The van der Waals surface area contributed by atoms with E-state index in [1.54, 1.807) is 6.07 Å². The summed E-state index contributed by atoms with van der Waals surface area (Å²) in [4.78, 5) is 14.0. The molecule has 1 N–H and O–H groups in total. The molecule has 1 aliphatic rings. The van der Waals surface area contributed by atoms with Gasteiger partial charge in [0.1, 0.15) is 6.04 Å². The van der Waals surface area contributed by atoms with Crippen molar-refractivity contribution in [3.05, 3.63) is 34.9 Å². The topological polar surface area (TPSA) is 32.3 Å². The van der Waals surface area contributed by atoms with Crippen LogP contribution in [0.3, 0.4) is 0 Å². The fourth-order valence-electron chi connectivity index (χ4n) is 1.97. The highest BCUT2D eigenvalue weighted by atomic mass is 35.5. The fraction of sp³-hybridized carbons (Fsp3) is 0.357. The van der Waals surface area contributed by atoms with Crippen molar-refractivity contribution in [3.8, 4) is 0 Å². The van der Waals surface area contributed by atoms with Crippen LogP contribution in [0.5, 0.6) is 0 Å². The van der Waals surface area contributed by atoms with E-state index in [1.165, 1.54) is 5.57 Å². The summed E-state index contributed by atoms with van der Waals surface area (Å²) < 4.78 is 0. The zero-order valence-corrected chi connectivity index (χ0v) is 11.6. The second kappa shape index (κ2) is 5.02. The number of amides is 1. The number of rotatable bonds is 2. The van der Waals surface area contributed by atoms with Crippen molar-refractivity contribution in [2.75, 3.05) is 16.8 Å². The molecule has 0 unspecified atom stereocenters. The number of carbonyl (C=O) groups is 1. The molecular weight excluding hydrogens is 248 g/mol. The number of benzene rings is 1. The van der Waals surface area contributed by atoms with E-state index in [9.17, 15) is 4.79 Å². The molecule has 0 radical (unpaired) electrons. The lowest BCUT2D eigenvalue weighted by Gasteiger charge is -2.35. The Balaban J connectivity index is 2.40. The first-order valence-electron chi connectivity index (χ1n) is 5.99. The Morgan fingerprint density at radius 1 is 1.50 bits per heavy atom. The van der Waals surface area contributed by atoms with E-state index in [0.29, 0.717) is 11.6 Å². The standard InChI is InChI=1S/C14H17ClN2O/c1-9(2)6-7-17-10(3)14(18)16-12-5-4-11(15)8-13(12)17/h4-6,8,10H,7H2,1-3H3,(H,16,18)/t10-/m0/s1. The lowest BCUT2D eigenvalue weighted by atomic mass is 10.1. The number of halogens is 1. The Labute approximate surface area is 112 Å². The van der Waals surface area contributed by atoms with Gasteiger partial charge in [0.15, 0.2) is 0 Å². The largest absolute Gasteiger partial charge is 0.354 e. The van der Waals surface area contributed by atoms with Gasteiger partial charge in [-0.05, 0) is 39.0 Å². The Morgan fingerprint density at radius 3 is 2.89 bits per heavy atom. The highest BCUT2D eigenvalue weighted by Crippen LogP contribution is 2.34. The summed E-state index contributed by atoms with van der Waals surface area (Å²) in [5.74, 6) is 0.0204. The summed E-state index contributed by atoms with van der Waals surface area (Å²) in [7, 11) is 0. The van der Waals surface area contributed by atoms with Crippen molar-refractivity contribution in [3.63, 3.8) is 0 Å². The van der Waals surface area contributed by atoms with Crippen LogP contribution in [0.1, 0.15) is 20.8 Å². The zero-order valence-electron chi connectivity index (χ0n) is 10.8. The van der Waals surface area contributed by atoms with Crippen LogP contribution in [0.2, 0.25) is 5.02 Å². The van der Waals surface area contributed by atoms with Gasteiger partial charge >= 0.3 is 0 Å². The van der Waals surface area contributed by atoms with E-state index in [0.717, 1.165) is 11.4 Å². The van der Waals surface area contributed by atoms with Crippen LogP contribution in [-0.4, -0.2) is 18.5 Å². The number of nitrogens with one attached hydrogen (secondary N) is 1. The van der Waals surface area contributed by atoms with Crippen LogP contribution in [0.25, 0.3) is 0 Å². The lowest BCUT2D eigenvalue weighted by molar-refractivity contribution is -0.117. The van der Waals surface area contributed by atoms with Gasteiger partial charge in [0.2, 0.25) is 5.91 Å². The molecule has 1 heterocycles. The lowest BCUT2D eigenvalue weighted by Crippen LogP contribution is -2.46. The van der Waals surface area contributed by atoms with Gasteiger partial charge in [-0.25, -0.2) is 0 Å². The van der Waals surface area contributed by atoms with E-state index >= 15 is 0 Å². The van der Waals surface area contributed by atoms with Crippen LogP contribution in [0, 0.1) is 0 Å². The average molecular weight is 265 g/mol. The smallest absolute Gasteiger partial charge is 0.246 e. The summed E-state index contributed by atoms with van der Waals surface area (Å²) in [6, 6.07) is 5.34. The molecule has 18 heavy (non-hydrogen) atoms. The van der Waals surface area contributed by atoms with Crippen molar-refractivity contribution < 1.29 is 4.79 Å². The quantitative estimate of drug-likeness (QED) is 0.830. The molecule has 0 aromatic heterocycles. The van der Waals surface area contributed by atoms with E-state index < -0.39 is 0 Å². The molecule has 0 saturated carbocycles. The number of anilines is 2. The van der Waals surface area contributed by atoms with Crippen LogP contribution in [0.15, 0.2) is 29.8 Å². The Kier molecular flexibility index (Phi) is 3.62. The van der Waals surface area contributed by atoms with Crippen LogP contribution >= 0.6 is 11.6 Å². The molecule has 0 spiro atoms. The highest BCUT2D eigenvalue weighted by Gasteiger charge is 2.28. The number of hydrogen-bond acceptors (Lipinski definition) is 2. The van der Waals surface area contributed by atoms with Crippen LogP contribution in [-0.2, 0) is 4.79 Å². The maximum atomic E-state index is 11.9. The predicted octanol–water partition coefficient (Wildman–Crippen LogP) is 3.45. The van der Waals surface area contributed by atoms with E-state index in [4.69, 9.17) is 11.6 Å². The van der Waals surface area contributed by atoms with Gasteiger partial charge in [0.05, 0.1) is 11.4 Å². The maximum Gasteiger partial charge on any atom is 0.246 e. The third-order valence-electron chi connectivity index (χ3n) is 3.07. The van der Waals surface area contributed by atoms with Gasteiger partial charge in [-0.2, -0.15) is 0 Å². The monoisotopic (exact) mass is 264 g/mol. The van der Waals surface area contributed by atoms with Crippen LogP contribution < -0.4 is 10.2 Å². The molecular formula is C14H17ClN2O. The molecule has 0 saturated heterocycles. The number of carbonyl (C=O) groups excluding carboxylic acids is 1. The van der Waals surface area contributed by atoms with Gasteiger partial charge in [-0.3, -0.25) is 4.79 Å². The minimum atomic E-state index is -0.188. The number of allylic oxidation sites excluding steroid dienone is 1. The Morgan fingerprint density at radius 2 is 2.22 bits per heavy atom. The molecule has 0 aliphatic carbocycles. The number of nitrogens with zero attached hydrogens (tertiary/aromatic N) is 1. The summed E-state index contributed by atoms with van der Waals surface area (Å²) in [5, 5.41) is 3.57. The SMILES string of the molecule is CC(C)=CCN1c2cc(Cl)ccc2NC(=O)[C@@H]1C. The van der Waals surface area contributed by atoms with E-state index in [2.05, 4.69) is 16.3 Å². The molecule has 2 rings (SSSR count). The van der Waals surface area contributed by atoms with Crippen molar-refractivity contribution in [1.29, 1.82) is 0 Å². The van der Waals surface area contributed by atoms with E-state index in [1.807, 2.05) is 32.9 Å². The minimum Gasteiger partial charge on any atom is -0.354 e. The van der Waals surface area contributed by atoms with Gasteiger partial charge in [-0.15, -0.1) is 0 Å². The second-order valence-corrected chi connectivity index (χ2v) is 5.20.